The SMILES string of the molecule is COc1nc(-c2cccc(-c3cccc(-c4ccn5c(=O)c(CNC[C@@H]6CCC(=O)N6)ccc5c4)c3Cl)c2Cl)ccc1CNC[C@H]1CCC(=O)N1. The summed E-state index contributed by atoms with van der Waals surface area (Å²) >= 11 is 14.2. The molecule has 2 amide bonds. The van der Waals surface area contributed by atoms with E-state index in [1.54, 1.807) is 17.7 Å². The Morgan fingerprint density at radius 3 is 1.98 bits per heavy atom. The van der Waals surface area contributed by atoms with E-state index in [0.717, 1.165) is 51.7 Å². The Labute approximate surface area is 305 Å². The number of hydrogen-bond donors (Lipinski definition) is 4. The maximum absolute atomic E-state index is 13.3. The van der Waals surface area contributed by atoms with Crippen molar-refractivity contribution in [1.29, 1.82) is 0 Å². The van der Waals surface area contributed by atoms with E-state index in [4.69, 9.17) is 32.9 Å². The highest BCUT2D eigenvalue weighted by Gasteiger charge is 2.22. The largest absolute Gasteiger partial charge is 0.481 e. The molecule has 51 heavy (non-hydrogen) atoms. The number of fused-ring (bicyclic) bond motifs is 1. The first-order chi connectivity index (χ1) is 24.8. The van der Waals surface area contributed by atoms with Gasteiger partial charge in [0.2, 0.25) is 17.7 Å². The Balaban J connectivity index is 1.10. The second-order valence-corrected chi connectivity index (χ2v) is 13.7. The van der Waals surface area contributed by atoms with E-state index in [2.05, 4.69) is 21.3 Å². The highest BCUT2D eigenvalue weighted by Crippen LogP contribution is 2.42. The van der Waals surface area contributed by atoms with E-state index >= 15 is 0 Å². The lowest BCUT2D eigenvalue weighted by molar-refractivity contribution is -0.120. The number of pyridine rings is 3. The van der Waals surface area contributed by atoms with Crippen LogP contribution in [0.25, 0.3) is 39.0 Å². The molecule has 2 aliphatic heterocycles. The topological polar surface area (TPSA) is 126 Å². The highest BCUT2D eigenvalue weighted by atomic mass is 35.5. The average molecular weight is 726 g/mol. The molecule has 262 valence electrons. The summed E-state index contributed by atoms with van der Waals surface area (Å²) in [6.45, 7) is 2.25. The fourth-order valence-electron chi connectivity index (χ4n) is 6.80. The first-order valence-corrected chi connectivity index (χ1v) is 17.8. The van der Waals surface area contributed by atoms with Gasteiger partial charge >= 0.3 is 0 Å². The molecule has 4 N–H and O–H groups in total. The van der Waals surface area contributed by atoms with Crippen LogP contribution < -0.4 is 31.6 Å². The van der Waals surface area contributed by atoms with Crippen LogP contribution in [0, 0.1) is 0 Å². The summed E-state index contributed by atoms with van der Waals surface area (Å²) in [4.78, 5) is 41.1. The van der Waals surface area contributed by atoms with Crippen LogP contribution in [0.15, 0.2) is 83.8 Å². The zero-order chi connectivity index (χ0) is 35.5. The zero-order valence-electron chi connectivity index (χ0n) is 28.1. The van der Waals surface area contributed by atoms with Crippen LogP contribution >= 0.6 is 23.2 Å². The zero-order valence-corrected chi connectivity index (χ0v) is 29.6. The van der Waals surface area contributed by atoms with Crippen LogP contribution in [0.4, 0.5) is 0 Å². The first kappa shape index (κ1) is 34.7. The standard InChI is InChI=1S/C39H38Cl2N6O4/c1-51-38-24(19-42-21-26-10-14-34(48)44-26)9-13-33(46-38)32-7-3-6-31(37(32)41)30-5-2-4-29(36(30)40)23-16-17-47-28(18-23)12-8-25(39(47)50)20-43-22-27-11-15-35(49)45-27/h2-9,12-13,16-18,26-27,42-43H,10-11,14-15,19-22H2,1H3,(H,44,48)(H,45,49)/t26-,27+/m1/s1. The third kappa shape index (κ3) is 7.50. The van der Waals surface area contributed by atoms with Crippen LogP contribution in [0.2, 0.25) is 10.0 Å². The van der Waals surface area contributed by atoms with Gasteiger partial charge in [0.25, 0.3) is 5.56 Å². The lowest BCUT2D eigenvalue weighted by Gasteiger charge is -2.16. The number of aromatic nitrogens is 2. The molecule has 2 atom stereocenters. The van der Waals surface area contributed by atoms with Gasteiger partial charge in [0, 0.05) is 96.2 Å². The Kier molecular flexibility index (Phi) is 10.4. The summed E-state index contributed by atoms with van der Waals surface area (Å²) in [6, 6.07) is 23.3. The smallest absolute Gasteiger partial charge is 0.259 e. The van der Waals surface area contributed by atoms with Gasteiger partial charge in [-0.2, -0.15) is 0 Å². The Bertz CT molecular complexity index is 2190. The molecule has 12 heteroatoms. The number of carbonyl (C=O) groups excluding carboxylic acids is 2. The van der Waals surface area contributed by atoms with Crippen molar-refractivity contribution in [1.82, 2.24) is 30.7 Å². The Hall–Kier alpha value is -4.74. The molecule has 5 heterocycles. The summed E-state index contributed by atoms with van der Waals surface area (Å²) in [5, 5.41) is 13.6. The minimum absolute atomic E-state index is 0.0731. The normalized spacial score (nSPS) is 17.2. The minimum atomic E-state index is -0.0981. The van der Waals surface area contributed by atoms with Gasteiger partial charge < -0.3 is 26.0 Å². The van der Waals surface area contributed by atoms with Crippen molar-refractivity contribution in [2.24, 2.45) is 0 Å². The molecule has 0 saturated carbocycles. The van der Waals surface area contributed by atoms with E-state index in [1.165, 1.54) is 0 Å². The van der Waals surface area contributed by atoms with Crippen molar-refractivity contribution in [3.05, 3.63) is 111 Å². The van der Waals surface area contributed by atoms with Gasteiger partial charge in [0.1, 0.15) is 0 Å². The van der Waals surface area contributed by atoms with Crippen molar-refractivity contribution in [3.63, 3.8) is 0 Å². The van der Waals surface area contributed by atoms with Crippen LogP contribution in [-0.4, -0.2) is 53.5 Å². The van der Waals surface area contributed by atoms with E-state index in [9.17, 15) is 14.4 Å². The quantitative estimate of drug-likeness (QED) is 0.129. The summed E-state index contributed by atoms with van der Waals surface area (Å²) in [5.41, 5.74) is 6.80. The monoisotopic (exact) mass is 724 g/mol. The highest BCUT2D eigenvalue weighted by molar-refractivity contribution is 6.39. The third-order valence-electron chi connectivity index (χ3n) is 9.52. The summed E-state index contributed by atoms with van der Waals surface area (Å²) in [7, 11) is 1.59. The van der Waals surface area contributed by atoms with Crippen molar-refractivity contribution in [2.75, 3.05) is 20.2 Å². The van der Waals surface area contributed by atoms with Gasteiger partial charge in [-0.25, -0.2) is 4.98 Å². The number of rotatable bonds is 12. The van der Waals surface area contributed by atoms with E-state index in [1.807, 2.05) is 72.8 Å². The maximum atomic E-state index is 13.3. The lowest BCUT2D eigenvalue weighted by Crippen LogP contribution is -2.36. The molecule has 3 aromatic heterocycles. The summed E-state index contributed by atoms with van der Waals surface area (Å²) in [5.74, 6) is 0.663. The molecule has 2 aliphatic rings. The second-order valence-electron chi connectivity index (χ2n) is 12.9. The van der Waals surface area contributed by atoms with E-state index in [0.29, 0.717) is 66.2 Å². The fourth-order valence-corrected chi connectivity index (χ4v) is 7.46. The number of nitrogens with zero attached hydrogens (tertiary/aromatic N) is 2. The van der Waals surface area contributed by atoms with Crippen LogP contribution in [-0.2, 0) is 22.7 Å². The predicted molar refractivity (Wildman–Crippen MR) is 200 cm³/mol. The van der Waals surface area contributed by atoms with Crippen LogP contribution in [0.1, 0.15) is 36.8 Å². The molecule has 0 radical (unpaired) electrons. The number of nitrogens with one attached hydrogen (secondary N) is 4. The number of methoxy groups -OCH3 is 1. The summed E-state index contributed by atoms with van der Waals surface area (Å²) in [6.07, 6.45) is 4.52. The predicted octanol–water partition coefficient (Wildman–Crippen LogP) is 5.75. The number of carbonyl (C=O) groups is 2. The maximum Gasteiger partial charge on any atom is 0.259 e. The molecule has 2 saturated heterocycles. The molecule has 10 nitrogen and oxygen atoms in total. The van der Waals surface area contributed by atoms with Gasteiger partial charge in [-0.15, -0.1) is 0 Å². The number of hydrogen-bond acceptors (Lipinski definition) is 7. The van der Waals surface area contributed by atoms with Crippen molar-refractivity contribution < 1.29 is 14.3 Å². The number of ether oxygens (including phenoxy) is 1. The molecule has 2 aromatic carbocycles. The van der Waals surface area contributed by atoms with Crippen molar-refractivity contribution in [3.8, 4) is 39.4 Å². The van der Waals surface area contributed by atoms with Gasteiger partial charge in [-0.3, -0.25) is 18.8 Å². The Morgan fingerprint density at radius 2 is 1.35 bits per heavy atom. The van der Waals surface area contributed by atoms with E-state index in [-0.39, 0.29) is 29.5 Å². The molecule has 7 rings (SSSR count). The number of amides is 2. The second kappa shape index (κ2) is 15.2. The molecule has 5 aromatic rings. The molecule has 0 unspecified atom stereocenters. The third-order valence-corrected chi connectivity index (χ3v) is 10.3. The van der Waals surface area contributed by atoms with Crippen LogP contribution in [0.5, 0.6) is 5.88 Å². The summed E-state index contributed by atoms with van der Waals surface area (Å²) < 4.78 is 7.28. The molecular weight excluding hydrogens is 687 g/mol. The fraction of sp³-hybridized carbons (Fsp3) is 0.282. The minimum Gasteiger partial charge on any atom is -0.481 e. The molecule has 2 fully saturated rings. The van der Waals surface area contributed by atoms with Crippen molar-refractivity contribution in [2.45, 2.75) is 50.9 Å². The van der Waals surface area contributed by atoms with E-state index < -0.39 is 0 Å². The van der Waals surface area contributed by atoms with Crippen LogP contribution in [0.3, 0.4) is 0 Å². The number of benzene rings is 2. The Morgan fingerprint density at radius 1 is 0.765 bits per heavy atom. The molecule has 0 bridgehead atoms. The first-order valence-electron chi connectivity index (χ1n) is 17.1. The average Bonchev–Trinajstić information content (AvgIpc) is 3.76. The van der Waals surface area contributed by atoms with Gasteiger partial charge in [0.05, 0.1) is 22.8 Å². The molecule has 0 aliphatic carbocycles. The lowest BCUT2D eigenvalue weighted by atomic mass is 9.97. The van der Waals surface area contributed by atoms with Gasteiger partial charge in [-0.1, -0.05) is 71.7 Å². The van der Waals surface area contributed by atoms with Gasteiger partial charge in [0.15, 0.2) is 0 Å². The molecule has 0 spiro atoms. The van der Waals surface area contributed by atoms with Crippen molar-refractivity contribution >= 4 is 40.5 Å². The molecular formula is C39H38Cl2N6O4. The van der Waals surface area contributed by atoms with Gasteiger partial charge in [-0.05, 0) is 42.7 Å². The number of halogens is 2.